The quantitative estimate of drug-likeness (QED) is 0.419. The lowest BCUT2D eigenvalue weighted by Crippen LogP contribution is -2.41. The van der Waals surface area contributed by atoms with Crippen LogP contribution in [0.25, 0.3) is 0 Å². The van der Waals surface area contributed by atoms with Gasteiger partial charge in [-0.25, -0.2) is 4.90 Å². The second kappa shape index (κ2) is 7.77. The SMILES string of the molecule is Cc1ccc(C)n1NC(=O)c1cccc(N2C(=O)[C@H]3C4c5ccccc5C(c5ccccc54)[C@@H]3C2=O)c1. The molecule has 6 nitrogen and oxygen atoms in total. The van der Waals surface area contributed by atoms with Gasteiger partial charge in [-0.3, -0.25) is 24.5 Å². The zero-order valence-corrected chi connectivity index (χ0v) is 20.5. The van der Waals surface area contributed by atoms with Crippen molar-refractivity contribution in [1.82, 2.24) is 4.68 Å². The normalized spacial score (nSPS) is 23.0. The number of carbonyl (C=O) groups is 3. The minimum Gasteiger partial charge on any atom is -0.274 e. The van der Waals surface area contributed by atoms with Crippen LogP contribution in [0, 0.1) is 25.7 Å². The van der Waals surface area contributed by atoms with Crippen molar-refractivity contribution in [2.45, 2.75) is 25.7 Å². The van der Waals surface area contributed by atoms with Crippen molar-refractivity contribution in [2.75, 3.05) is 10.3 Å². The number of benzene rings is 3. The Labute approximate surface area is 214 Å². The molecule has 1 fully saturated rings. The number of hydrogen-bond acceptors (Lipinski definition) is 3. The van der Waals surface area contributed by atoms with E-state index in [4.69, 9.17) is 0 Å². The van der Waals surface area contributed by atoms with E-state index in [0.29, 0.717) is 11.3 Å². The number of amides is 3. The van der Waals surface area contributed by atoms with Crippen LogP contribution in [-0.2, 0) is 9.59 Å². The molecule has 8 rings (SSSR count). The number of rotatable bonds is 3. The summed E-state index contributed by atoms with van der Waals surface area (Å²) in [6.07, 6.45) is 0. The summed E-state index contributed by atoms with van der Waals surface area (Å²) >= 11 is 0. The maximum atomic E-state index is 14.0. The number of hydrogen-bond donors (Lipinski definition) is 1. The molecule has 6 heteroatoms. The van der Waals surface area contributed by atoms with Gasteiger partial charge in [0, 0.05) is 28.8 Å². The lowest BCUT2D eigenvalue weighted by atomic mass is 9.55. The summed E-state index contributed by atoms with van der Waals surface area (Å²) in [5.74, 6) is -1.91. The standard InChI is InChI=1S/C31H25N3O3/c1-17-14-15-18(2)34(17)32-29(35)19-8-7-9-20(16-19)33-30(36)27-25-21-10-3-4-11-22(21)26(28(27)31(33)37)24-13-6-5-12-23(24)25/h3-16,25-28H,1-2H3,(H,32,35)/t25?,26?,27-,28-/m0/s1. The third kappa shape index (κ3) is 2.96. The zero-order chi connectivity index (χ0) is 25.4. The number of aryl methyl sites for hydroxylation is 2. The Morgan fingerprint density at radius 2 is 1.16 bits per heavy atom. The van der Waals surface area contributed by atoms with E-state index < -0.39 is 11.8 Å². The van der Waals surface area contributed by atoms with Crippen LogP contribution in [0.5, 0.6) is 0 Å². The fraction of sp³-hybridized carbons (Fsp3) is 0.194. The first-order valence-corrected chi connectivity index (χ1v) is 12.6. The van der Waals surface area contributed by atoms with Gasteiger partial charge >= 0.3 is 0 Å². The highest BCUT2D eigenvalue weighted by Gasteiger charge is 2.61. The molecule has 0 unspecified atom stereocenters. The van der Waals surface area contributed by atoms with Gasteiger partial charge in [0.1, 0.15) is 0 Å². The summed E-state index contributed by atoms with van der Waals surface area (Å²) in [7, 11) is 0. The van der Waals surface area contributed by atoms with Gasteiger partial charge in [-0.1, -0.05) is 54.6 Å². The highest BCUT2D eigenvalue weighted by atomic mass is 16.2. The molecule has 1 N–H and O–H groups in total. The van der Waals surface area contributed by atoms with Crippen molar-refractivity contribution in [3.8, 4) is 0 Å². The van der Waals surface area contributed by atoms with Crippen molar-refractivity contribution in [1.29, 1.82) is 0 Å². The molecule has 0 saturated carbocycles. The van der Waals surface area contributed by atoms with Crippen LogP contribution in [0.3, 0.4) is 0 Å². The van der Waals surface area contributed by atoms with Gasteiger partial charge < -0.3 is 0 Å². The van der Waals surface area contributed by atoms with Gasteiger partial charge in [0.25, 0.3) is 5.91 Å². The Balaban J connectivity index is 1.28. The average Bonchev–Trinajstić information content (AvgIpc) is 3.38. The van der Waals surface area contributed by atoms with E-state index in [1.54, 1.807) is 28.9 Å². The Morgan fingerprint density at radius 3 is 1.65 bits per heavy atom. The van der Waals surface area contributed by atoms with Crippen molar-refractivity contribution in [3.63, 3.8) is 0 Å². The average molecular weight is 488 g/mol. The van der Waals surface area contributed by atoms with Crippen LogP contribution in [0.4, 0.5) is 5.69 Å². The van der Waals surface area contributed by atoms with Crippen LogP contribution in [0.1, 0.15) is 55.8 Å². The Morgan fingerprint density at radius 1 is 0.676 bits per heavy atom. The van der Waals surface area contributed by atoms with Gasteiger partial charge in [0.2, 0.25) is 11.8 Å². The van der Waals surface area contributed by atoms with E-state index >= 15 is 0 Å². The molecule has 182 valence electrons. The number of nitrogens with zero attached hydrogens (tertiary/aromatic N) is 2. The molecule has 37 heavy (non-hydrogen) atoms. The topological polar surface area (TPSA) is 71.4 Å². The van der Waals surface area contributed by atoms with Crippen molar-refractivity contribution < 1.29 is 14.4 Å². The van der Waals surface area contributed by atoms with Crippen LogP contribution in [0.2, 0.25) is 0 Å². The van der Waals surface area contributed by atoms with Gasteiger partial charge in [-0.2, -0.15) is 0 Å². The highest BCUT2D eigenvalue weighted by Crippen LogP contribution is 2.61. The molecular weight excluding hydrogens is 462 g/mol. The molecular formula is C31H25N3O3. The van der Waals surface area contributed by atoms with E-state index in [0.717, 1.165) is 33.6 Å². The molecule has 3 aliphatic carbocycles. The Bertz CT molecular complexity index is 1500. The minimum absolute atomic E-state index is 0.157. The lowest BCUT2D eigenvalue weighted by Gasteiger charge is -2.45. The second-order valence-corrected chi connectivity index (χ2v) is 10.2. The number of nitrogens with one attached hydrogen (secondary N) is 1. The molecule has 3 aromatic carbocycles. The molecule has 1 aromatic heterocycles. The van der Waals surface area contributed by atoms with Crippen LogP contribution in [-0.4, -0.2) is 22.4 Å². The predicted molar refractivity (Wildman–Crippen MR) is 140 cm³/mol. The summed E-state index contributed by atoms with van der Waals surface area (Å²) in [5.41, 5.74) is 10.1. The van der Waals surface area contributed by atoms with E-state index in [9.17, 15) is 14.4 Å². The first-order valence-electron chi connectivity index (χ1n) is 12.6. The summed E-state index contributed by atoms with van der Waals surface area (Å²) in [4.78, 5) is 42.4. The maximum Gasteiger partial charge on any atom is 0.270 e. The smallest absolute Gasteiger partial charge is 0.270 e. The van der Waals surface area contributed by atoms with Crippen molar-refractivity contribution in [3.05, 3.63) is 124 Å². The molecule has 1 saturated heterocycles. The molecule has 0 radical (unpaired) electrons. The molecule has 0 spiro atoms. The fourth-order valence-corrected chi connectivity index (χ4v) is 6.73. The fourth-order valence-electron chi connectivity index (χ4n) is 6.73. The largest absolute Gasteiger partial charge is 0.274 e. The number of carbonyl (C=O) groups excluding carboxylic acids is 3. The van der Waals surface area contributed by atoms with Gasteiger partial charge in [-0.15, -0.1) is 0 Å². The molecule has 3 amide bonds. The summed E-state index contributed by atoms with van der Waals surface area (Å²) < 4.78 is 1.72. The lowest BCUT2D eigenvalue weighted by molar-refractivity contribution is -0.122. The summed E-state index contributed by atoms with van der Waals surface area (Å²) in [5, 5.41) is 0. The van der Waals surface area contributed by atoms with Crippen LogP contribution >= 0.6 is 0 Å². The third-order valence-electron chi connectivity index (χ3n) is 8.30. The molecule has 4 aromatic rings. The van der Waals surface area contributed by atoms with Gasteiger partial charge in [0.05, 0.1) is 17.5 Å². The number of anilines is 1. The maximum absolute atomic E-state index is 14.0. The third-order valence-corrected chi connectivity index (χ3v) is 8.30. The van der Waals surface area contributed by atoms with Crippen LogP contribution in [0.15, 0.2) is 84.9 Å². The van der Waals surface area contributed by atoms with E-state index in [2.05, 4.69) is 29.7 Å². The second-order valence-electron chi connectivity index (χ2n) is 10.2. The molecule has 2 bridgehead atoms. The van der Waals surface area contributed by atoms with Gasteiger partial charge in [0.15, 0.2) is 0 Å². The molecule has 2 atom stereocenters. The van der Waals surface area contributed by atoms with E-state index in [1.165, 1.54) is 4.90 Å². The Hall–Kier alpha value is -4.45. The molecule has 1 aliphatic heterocycles. The first kappa shape index (κ1) is 21.8. The summed E-state index contributed by atoms with van der Waals surface area (Å²) in [6.45, 7) is 3.83. The molecule has 2 heterocycles. The van der Waals surface area contributed by atoms with Gasteiger partial charge in [-0.05, 0) is 66.4 Å². The predicted octanol–water partition coefficient (Wildman–Crippen LogP) is 4.89. The highest BCUT2D eigenvalue weighted by molar-refractivity contribution is 6.23. The van der Waals surface area contributed by atoms with Crippen LogP contribution < -0.4 is 10.3 Å². The summed E-state index contributed by atoms with van der Waals surface area (Å²) in [6, 6.07) is 27.0. The zero-order valence-electron chi connectivity index (χ0n) is 20.5. The molecule has 4 aliphatic rings. The van der Waals surface area contributed by atoms with Crippen molar-refractivity contribution >= 4 is 23.4 Å². The minimum atomic E-state index is -0.454. The number of imide groups is 1. The van der Waals surface area contributed by atoms with E-state index in [1.807, 2.05) is 50.2 Å². The number of aromatic nitrogens is 1. The first-order chi connectivity index (χ1) is 18.0. The monoisotopic (exact) mass is 487 g/mol. The van der Waals surface area contributed by atoms with Crippen molar-refractivity contribution in [2.24, 2.45) is 11.8 Å². The Kier molecular flexibility index (Phi) is 4.58. The van der Waals surface area contributed by atoms with E-state index in [-0.39, 0.29) is 29.6 Å².